The lowest BCUT2D eigenvalue weighted by Gasteiger charge is -2.27. The Labute approximate surface area is 256 Å². The largest absolute Gasteiger partial charge is 0.451 e. The first kappa shape index (κ1) is 28.8. The number of likely N-dealkylation sites (tertiary alicyclic amines) is 2. The molecule has 9 heteroatoms. The summed E-state index contributed by atoms with van der Waals surface area (Å²) in [5.41, 5.74) is 0.889. The molecule has 1 amide bonds. The summed E-state index contributed by atoms with van der Waals surface area (Å²) in [5, 5.41) is 8.33. The number of anilines is 1. The van der Waals surface area contributed by atoms with Crippen LogP contribution >= 0.6 is 0 Å². The maximum absolute atomic E-state index is 15.8. The van der Waals surface area contributed by atoms with Gasteiger partial charge in [-0.1, -0.05) is 24.3 Å². The van der Waals surface area contributed by atoms with Gasteiger partial charge >= 0.3 is 0 Å². The van der Waals surface area contributed by atoms with Crippen LogP contribution < -0.4 is 20.8 Å². The van der Waals surface area contributed by atoms with Gasteiger partial charge in [0.2, 0.25) is 5.43 Å². The molecule has 0 radical (unpaired) electrons. The Kier molecular flexibility index (Phi) is 7.99. The van der Waals surface area contributed by atoms with E-state index in [0.29, 0.717) is 36.1 Å². The third kappa shape index (κ3) is 5.43. The van der Waals surface area contributed by atoms with Crippen molar-refractivity contribution in [1.29, 1.82) is 0 Å². The molecule has 2 saturated heterocycles. The van der Waals surface area contributed by atoms with E-state index in [9.17, 15) is 9.59 Å². The number of benzene rings is 3. The van der Waals surface area contributed by atoms with Crippen LogP contribution in [0.4, 0.5) is 10.1 Å². The quantitative estimate of drug-likeness (QED) is 0.196. The van der Waals surface area contributed by atoms with Crippen molar-refractivity contribution in [1.82, 2.24) is 19.7 Å². The molecule has 2 fully saturated rings. The summed E-state index contributed by atoms with van der Waals surface area (Å²) in [6.45, 7) is 5.48. The monoisotopic (exact) mass is 597 g/mol. The van der Waals surface area contributed by atoms with Gasteiger partial charge < -0.3 is 29.7 Å². The predicted molar refractivity (Wildman–Crippen MR) is 173 cm³/mol. The number of rotatable bonds is 10. The van der Waals surface area contributed by atoms with E-state index in [1.54, 1.807) is 6.20 Å². The number of carbonyl (C=O) groups excluding carboxylic acids is 1. The molecule has 3 aromatic carbocycles. The van der Waals surface area contributed by atoms with Crippen molar-refractivity contribution in [2.24, 2.45) is 0 Å². The zero-order valence-electron chi connectivity index (χ0n) is 25.3. The smallest absolute Gasteiger partial charge is 0.256 e. The van der Waals surface area contributed by atoms with Gasteiger partial charge in [-0.25, -0.2) is 4.39 Å². The van der Waals surface area contributed by atoms with Crippen LogP contribution in [0.25, 0.3) is 27.4 Å². The number of ether oxygens (including phenoxy) is 1. The Morgan fingerprint density at radius 1 is 1.02 bits per heavy atom. The highest BCUT2D eigenvalue weighted by molar-refractivity contribution is 6.02. The molecule has 44 heavy (non-hydrogen) atoms. The lowest BCUT2D eigenvalue weighted by Crippen LogP contribution is -2.34. The summed E-state index contributed by atoms with van der Waals surface area (Å²) < 4.78 is 24.1. The van der Waals surface area contributed by atoms with Gasteiger partial charge in [-0.15, -0.1) is 0 Å². The molecule has 4 heterocycles. The highest BCUT2D eigenvalue weighted by Gasteiger charge is 2.29. The fourth-order valence-corrected chi connectivity index (χ4v) is 7.10. The van der Waals surface area contributed by atoms with Crippen LogP contribution in [0.1, 0.15) is 55.3 Å². The minimum Gasteiger partial charge on any atom is -0.451 e. The zero-order chi connectivity index (χ0) is 30.2. The van der Waals surface area contributed by atoms with Gasteiger partial charge in [-0.3, -0.25) is 9.59 Å². The molecular weight excluding hydrogens is 557 g/mol. The second kappa shape index (κ2) is 12.2. The number of aromatic nitrogens is 1. The first-order chi connectivity index (χ1) is 21.5. The molecule has 1 aromatic heterocycles. The third-order valence-electron chi connectivity index (χ3n) is 9.58. The fourth-order valence-electron chi connectivity index (χ4n) is 7.10. The van der Waals surface area contributed by atoms with Crippen molar-refractivity contribution < 1.29 is 13.9 Å². The van der Waals surface area contributed by atoms with Gasteiger partial charge in [0.15, 0.2) is 17.3 Å². The lowest BCUT2D eigenvalue weighted by molar-refractivity contribution is 0.0949. The second-order valence-electron chi connectivity index (χ2n) is 12.5. The predicted octanol–water partition coefficient (Wildman–Crippen LogP) is 5.89. The second-order valence-corrected chi connectivity index (χ2v) is 12.5. The normalized spacial score (nSPS) is 18.1. The number of fused-ring (bicyclic) bond motifs is 3. The molecule has 1 unspecified atom stereocenters. The Bertz CT molecular complexity index is 1780. The summed E-state index contributed by atoms with van der Waals surface area (Å²) in [6.07, 6.45) is 9.12. The van der Waals surface area contributed by atoms with Crippen LogP contribution in [-0.2, 0) is 0 Å². The maximum Gasteiger partial charge on any atom is 0.256 e. The first-order valence-corrected chi connectivity index (χ1v) is 16.1. The molecule has 230 valence electrons. The number of hydrogen-bond acceptors (Lipinski definition) is 6. The molecule has 0 aliphatic carbocycles. The molecule has 3 aliphatic rings. The number of hydrogen-bond donors (Lipinski definition) is 2. The van der Waals surface area contributed by atoms with E-state index in [2.05, 4.69) is 27.5 Å². The number of amides is 1. The summed E-state index contributed by atoms with van der Waals surface area (Å²) >= 11 is 0. The van der Waals surface area contributed by atoms with Crippen LogP contribution in [-0.4, -0.2) is 72.6 Å². The van der Waals surface area contributed by atoms with E-state index >= 15 is 4.39 Å². The van der Waals surface area contributed by atoms with E-state index in [1.807, 2.05) is 41.0 Å². The number of nitrogens with zero attached hydrogens (tertiary/aromatic N) is 3. The van der Waals surface area contributed by atoms with Crippen molar-refractivity contribution in [2.75, 3.05) is 51.6 Å². The van der Waals surface area contributed by atoms with E-state index in [1.165, 1.54) is 18.9 Å². The molecule has 7 rings (SSSR count). The summed E-state index contributed by atoms with van der Waals surface area (Å²) in [6, 6.07) is 13.5. The summed E-state index contributed by atoms with van der Waals surface area (Å²) in [7, 11) is 2.10. The highest BCUT2D eigenvalue weighted by Crippen LogP contribution is 2.46. The van der Waals surface area contributed by atoms with Crippen molar-refractivity contribution in [2.45, 2.75) is 51.0 Å². The molecule has 3 aliphatic heterocycles. The minimum absolute atomic E-state index is 0.00810. The van der Waals surface area contributed by atoms with E-state index < -0.39 is 17.2 Å². The van der Waals surface area contributed by atoms with Crippen LogP contribution in [0.15, 0.2) is 53.5 Å². The van der Waals surface area contributed by atoms with Crippen molar-refractivity contribution in [3.05, 3.63) is 70.3 Å². The van der Waals surface area contributed by atoms with Gasteiger partial charge in [0.1, 0.15) is 16.8 Å². The molecule has 0 saturated carbocycles. The SMILES string of the molecule is CN1CCCC1CCNC(=O)c1cn2c3c(c(NCCCCN4CCCC4)c(F)cc3c1=O)Oc1cc3ccccc3cc1-2. The number of halogens is 1. The van der Waals surface area contributed by atoms with Crippen LogP contribution in [0.2, 0.25) is 0 Å². The van der Waals surface area contributed by atoms with Gasteiger partial charge in [-0.05, 0) is 107 Å². The number of pyridine rings is 1. The van der Waals surface area contributed by atoms with Gasteiger partial charge in [0.05, 0.1) is 11.1 Å². The van der Waals surface area contributed by atoms with Crippen molar-refractivity contribution in [3.63, 3.8) is 0 Å². The molecule has 4 aromatic rings. The third-order valence-corrected chi connectivity index (χ3v) is 9.58. The molecule has 0 spiro atoms. The number of unbranched alkanes of at least 4 members (excludes halogenated alkanes) is 1. The van der Waals surface area contributed by atoms with Crippen molar-refractivity contribution in [3.8, 4) is 17.2 Å². The van der Waals surface area contributed by atoms with Gasteiger partial charge in [0, 0.05) is 25.3 Å². The van der Waals surface area contributed by atoms with E-state index in [-0.39, 0.29) is 22.4 Å². The topological polar surface area (TPSA) is 78.8 Å². The summed E-state index contributed by atoms with van der Waals surface area (Å²) in [4.78, 5) is 32.0. The molecule has 1 atom stereocenters. The Morgan fingerprint density at radius 3 is 2.59 bits per heavy atom. The van der Waals surface area contributed by atoms with Gasteiger partial charge in [-0.2, -0.15) is 0 Å². The average Bonchev–Trinajstić information content (AvgIpc) is 3.70. The average molecular weight is 598 g/mol. The van der Waals surface area contributed by atoms with Crippen LogP contribution in [0, 0.1) is 5.82 Å². The highest BCUT2D eigenvalue weighted by atomic mass is 19.1. The lowest BCUT2D eigenvalue weighted by atomic mass is 10.0. The number of carbonyl (C=O) groups is 1. The molecule has 8 nitrogen and oxygen atoms in total. The first-order valence-electron chi connectivity index (χ1n) is 16.1. The number of nitrogens with one attached hydrogen (secondary N) is 2. The van der Waals surface area contributed by atoms with E-state index in [4.69, 9.17) is 4.74 Å². The molecule has 2 N–H and O–H groups in total. The fraction of sp³-hybridized carbons (Fsp3) is 0.429. The van der Waals surface area contributed by atoms with Crippen LogP contribution in [0.5, 0.6) is 11.5 Å². The van der Waals surface area contributed by atoms with Crippen molar-refractivity contribution >= 4 is 33.3 Å². The van der Waals surface area contributed by atoms with Gasteiger partial charge in [0.25, 0.3) is 5.91 Å². The Hall–Kier alpha value is -3.95. The Balaban J connectivity index is 1.23. The van der Waals surface area contributed by atoms with Crippen LogP contribution in [0.3, 0.4) is 0 Å². The summed E-state index contributed by atoms with van der Waals surface area (Å²) in [5.74, 6) is -0.200. The standard InChI is InChI=1S/C35H40FN5O3/c1-39-15-8-11-25(39)12-14-38-35(43)27-22-41-29-19-23-9-2-3-10-24(23)20-30(29)44-34-31(28(36)21-26(32(34)41)33(27)42)37-13-4-5-16-40-17-6-7-18-40/h2-3,9-10,19-22,25,37H,4-8,11-18H2,1H3,(H,38,43). The maximum atomic E-state index is 15.8. The minimum atomic E-state index is -0.568. The van der Waals surface area contributed by atoms with E-state index in [0.717, 1.165) is 69.1 Å². The Morgan fingerprint density at radius 2 is 1.82 bits per heavy atom. The molecule has 0 bridgehead atoms. The zero-order valence-corrected chi connectivity index (χ0v) is 25.3. The molecular formula is C35H40FN5O3.